The van der Waals surface area contributed by atoms with Crippen LogP contribution in [0.25, 0.3) is 5.65 Å². The Bertz CT molecular complexity index is 1500. The molecular formula is C28H27ClN6O2. The summed E-state index contributed by atoms with van der Waals surface area (Å²) in [6, 6.07) is 13.6. The Hall–Kier alpha value is -3.49. The second-order valence-corrected chi connectivity index (χ2v) is 10.9. The Morgan fingerprint density at radius 2 is 1.95 bits per heavy atom. The molecule has 2 aliphatic carbocycles. The molecule has 0 unspecified atom stereocenters. The number of aliphatic hydroxyl groups excluding tert-OH is 1. The van der Waals surface area contributed by atoms with E-state index in [4.69, 9.17) is 16.6 Å². The summed E-state index contributed by atoms with van der Waals surface area (Å²) in [5, 5.41) is 14.2. The van der Waals surface area contributed by atoms with E-state index in [1.165, 1.54) is 24.7 Å². The first-order chi connectivity index (χ1) is 18.0. The Labute approximate surface area is 219 Å². The first-order valence-electron chi connectivity index (χ1n) is 12.8. The van der Waals surface area contributed by atoms with Crippen molar-refractivity contribution in [2.45, 2.75) is 49.7 Å². The highest BCUT2D eigenvalue weighted by molar-refractivity contribution is 6.30. The van der Waals surface area contributed by atoms with E-state index in [9.17, 15) is 9.90 Å². The quantitative estimate of drug-likeness (QED) is 0.387. The van der Waals surface area contributed by atoms with Crippen molar-refractivity contribution in [2.75, 3.05) is 16.8 Å². The summed E-state index contributed by atoms with van der Waals surface area (Å²) < 4.78 is 2.09. The van der Waals surface area contributed by atoms with Crippen molar-refractivity contribution in [3.8, 4) is 0 Å². The SMILES string of the molecule is O=C(Nc1cc(N2C[C@@H](O)C[C@@H]2c2cn3cc(C4CC4)ccc3n2)ncn1)[C@H]1C[C@@H]1c1cccc(Cl)c1. The van der Waals surface area contributed by atoms with Crippen molar-refractivity contribution in [3.05, 3.63) is 83.0 Å². The number of carbonyl (C=O) groups excluding carboxylic acids is 1. The van der Waals surface area contributed by atoms with Crippen LogP contribution in [0.2, 0.25) is 5.02 Å². The van der Waals surface area contributed by atoms with Gasteiger partial charge in [-0.05, 0) is 60.4 Å². The van der Waals surface area contributed by atoms with Gasteiger partial charge < -0.3 is 19.7 Å². The molecule has 1 aliphatic heterocycles. The highest BCUT2D eigenvalue weighted by Crippen LogP contribution is 2.48. The van der Waals surface area contributed by atoms with Crippen LogP contribution in [-0.4, -0.2) is 43.0 Å². The molecule has 0 radical (unpaired) electrons. The zero-order valence-corrected chi connectivity index (χ0v) is 20.9. The van der Waals surface area contributed by atoms with Crippen molar-refractivity contribution >= 4 is 34.8 Å². The summed E-state index contributed by atoms with van der Waals surface area (Å²) in [5.41, 5.74) is 4.23. The number of anilines is 2. The molecule has 9 heteroatoms. The molecule has 1 saturated heterocycles. The minimum Gasteiger partial charge on any atom is -0.391 e. The third-order valence-electron chi connectivity index (χ3n) is 7.76. The number of amides is 1. The number of hydrogen-bond acceptors (Lipinski definition) is 6. The third-order valence-corrected chi connectivity index (χ3v) is 8.00. The van der Waals surface area contributed by atoms with Gasteiger partial charge in [0.15, 0.2) is 0 Å². The molecule has 0 spiro atoms. The average Bonchev–Trinajstić information content (AvgIpc) is 3.81. The summed E-state index contributed by atoms with van der Waals surface area (Å²) >= 11 is 6.12. The molecule has 0 bridgehead atoms. The maximum Gasteiger partial charge on any atom is 0.229 e. The van der Waals surface area contributed by atoms with Crippen LogP contribution in [0.1, 0.15) is 60.4 Å². The van der Waals surface area contributed by atoms with Crippen LogP contribution < -0.4 is 10.2 Å². The second kappa shape index (κ2) is 8.82. The van der Waals surface area contributed by atoms with E-state index in [-0.39, 0.29) is 23.8 Å². The van der Waals surface area contributed by atoms with Crippen molar-refractivity contribution in [2.24, 2.45) is 5.92 Å². The van der Waals surface area contributed by atoms with E-state index in [1.54, 1.807) is 6.07 Å². The summed E-state index contributed by atoms with van der Waals surface area (Å²) in [4.78, 5) is 28.6. The van der Waals surface area contributed by atoms with Crippen molar-refractivity contribution < 1.29 is 9.90 Å². The second-order valence-electron chi connectivity index (χ2n) is 10.5. The number of aliphatic hydroxyl groups is 1. The van der Waals surface area contributed by atoms with Crippen LogP contribution in [0.5, 0.6) is 0 Å². The standard InChI is InChI=1S/C28H27ClN6O2/c29-19-3-1-2-17(8-19)21-10-22(21)28(37)33-25-11-27(31-15-30-25)35-13-20(36)9-24(35)23-14-34-12-18(16-4-5-16)6-7-26(34)32-23/h1-3,6-8,11-12,14-16,20-22,24,36H,4-5,9-10,13H2,(H,30,31,33,37)/t20-,21+,22-,24+/m0/s1. The molecule has 37 heavy (non-hydrogen) atoms. The smallest absolute Gasteiger partial charge is 0.229 e. The monoisotopic (exact) mass is 514 g/mol. The number of nitrogens with zero attached hydrogens (tertiary/aromatic N) is 5. The number of imidazole rings is 1. The fourth-order valence-corrected chi connectivity index (χ4v) is 5.78. The van der Waals surface area contributed by atoms with E-state index in [0.29, 0.717) is 35.5 Å². The Kier molecular flexibility index (Phi) is 5.41. The summed E-state index contributed by atoms with van der Waals surface area (Å²) in [7, 11) is 0. The van der Waals surface area contributed by atoms with Gasteiger partial charge in [0.05, 0.1) is 17.8 Å². The zero-order chi connectivity index (χ0) is 25.1. The first-order valence-corrected chi connectivity index (χ1v) is 13.2. The predicted molar refractivity (Wildman–Crippen MR) is 141 cm³/mol. The van der Waals surface area contributed by atoms with Gasteiger partial charge in [-0.2, -0.15) is 0 Å². The molecule has 4 atom stereocenters. The lowest BCUT2D eigenvalue weighted by Crippen LogP contribution is -2.26. The molecule has 2 N–H and O–H groups in total. The molecule has 1 aromatic carbocycles. The summed E-state index contributed by atoms with van der Waals surface area (Å²) in [5.74, 6) is 1.80. The molecule has 3 aromatic heterocycles. The number of rotatable bonds is 6. The molecule has 3 aliphatic rings. The number of pyridine rings is 1. The molecule has 8 nitrogen and oxygen atoms in total. The van der Waals surface area contributed by atoms with Crippen LogP contribution >= 0.6 is 11.6 Å². The Morgan fingerprint density at radius 1 is 1.05 bits per heavy atom. The van der Waals surface area contributed by atoms with Gasteiger partial charge in [0.1, 0.15) is 23.6 Å². The maximum atomic E-state index is 12.9. The molecule has 188 valence electrons. The Morgan fingerprint density at radius 3 is 2.78 bits per heavy atom. The highest BCUT2D eigenvalue weighted by atomic mass is 35.5. The van der Waals surface area contributed by atoms with Crippen LogP contribution in [0.3, 0.4) is 0 Å². The lowest BCUT2D eigenvalue weighted by Gasteiger charge is -2.24. The third kappa shape index (κ3) is 4.45. The van der Waals surface area contributed by atoms with Crippen molar-refractivity contribution in [1.82, 2.24) is 19.4 Å². The average molecular weight is 515 g/mol. The highest BCUT2D eigenvalue weighted by Gasteiger charge is 2.44. The minimum absolute atomic E-state index is 0.0561. The van der Waals surface area contributed by atoms with Crippen LogP contribution in [-0.2, 0) is 4.79 Å². The fourth-order valence-electron chi connectivity index (χ4n) is 5.58. The van der Waals surface area contributed by atoms with Gasteiger partial charge in [0.25, 0.3) is 0 Å². The number of fused-ring (bicyclic) bond motifs is 1. The van der Waals surface area contributed by atoms with Crippen LogP contribution in [0.4, 0.5) is 11.6 Å². The van der Waals surface area contributed by atoms with E-state index in [1.807, 2.05) is 24.3 Å². The number of halogens is 1. The van der Waals surface area contributed by atoms with Crippen LogP contribution in [0, 0.1) is 5.92 Å². The minimum atomic E-state index is -0.491. The molecule has 4 aromatic rings. The number of hydrogen-bond donors (Lipinski definition) is 2. The lowest BCUT2D eigenvalue weighted by atomic mass is 10.1. The number of aromatic nitrogens is 4. The molecule has 2 saturated carbocycles. The topological polar surface area (TPSA) is 95.7 Å². The van der Waals surface area contributed by atoms with E-state index < -0.39 is 6.10 Å². The van der Waals surface area contributed by atoms with E-state index >= 15 is 0 Å². The van der Waals surface area contributed by atoms with Crippen molar-refractivity contribution in [3.63, 3.8) is 0 Å². The number of carbonyl (C=O) groups is 1. The van der Waals surface area contributed by atoms with E-state index in [2.05, 4.69) is 49.1 Å². The molecule has 3 fully saturated rings. The number of β-amino-alcohol motifs (C(OH)–C–C–N with tert-alkyl or cyclic N) is 1. The van der Waals surface area contributed by atoms with Gasteiger partial charge in [0.2, 0.25) is 5.91 Å². The van der Waals surface area contributed by atoms with Gasteiger partial charge in [0, 0.05) is 42.4 Å². The van der Waals surface area contributed by atoms with Gasteiger partial charge >= 0.3 is 0 Å². The lowest BCUT2D eigenvalue weighted by molar-refractivity contribution is -0.117. The molecule has 4 heterocycles. The largest absolute Gasteiger partial charge is 0.391 e. The van der Waals surface area contributed by atoms with Gasteiger partial charge in [-0.1, -0.05) is 29.8 Å². The summed E-state index contributed by atoms with van der Waals surface area (Å²) in [6.45, 7) is 0.440. The van der Waals surface area contributed by atoms with E-state index in [0.717, 1.165) is 23.3 Å². The van der Waals surface area contributed by atoms with Gasteiger partial charge in [-0.3, -0.25) is 4.79 Å². The van der Waals surface area contributed by atoms with Crippen molar-refractivity contribution in [1.29, 1.82) is 0 Å². The zero-order valence-electron chi connectivity index (χ0n) is 20.2. The molecule has 7 rings (SSSR count). The molecule has 1 amide bonds. The summed E-state index contributed by atoms with van der Waals surface area (Å²) in [6.07, 6.45) is 9.06. The predicted octanol–water partition coefficient (Wildman–Crippen LogP) is 4.71. The normalized spacial score (nSPS) is 25.0. The molecular weight excluding hydrogens is 488 g/mol. The van der Waals surface area contributed by atoms with Gasteiger partial charge in [-0.25, -0.2) is 15.0 Å². The van der Waals surface area contributed by atoms with Crippen LogP contribution in [0.15, 0.2) is 61.2 Å². The number of benzene rings is 1. The Balaban J connectivity index is 1.09. The maximum absolute atomic E-state index is 12.9. The number of nitrogens with one attached hydrogen (secondary N) is 1. The fraction of sp³-hybridized carbons (Fsp3) is 0.357. The first kappa shape index (κ1) is 22.7. The van der Waals surface area contributed by atoms with Gasteiger partial charge in [-0.15, -0.1) is 0 Å².